The molecule has 0 amide bonds. The minimum atomic E-state index is -4.91. The Hall–Kier alpha value is -4.46. The molecule has 5 rings (SSSR count). The molecular formula is C27H19F4NO6. The predicted molar refractivity (Wildman–Crippen MR) is 123 cm³/mol. The van der Waals surface area contributed by atoms with Crippen molar-refractivity contribution in [2.75, 3.05) is 6.61 Å². The van der Waals surface area contributed by atoms with E-state index in [0.717, 1.165) is 17.7 Å². The highest BCUT2D eigenvalue weighted by Crippen LogP contribution is 2.45. The molecule has 1 aliphatic heterocycles. The highest BCUT2D eigenvalue weighted by Gasteiger charge is 2.33. The van der Waals surface area contributed by atoms with Crippen LogP contribution >= 0.6 is 0 Å². The van der Waals surface area contributed by atoms with E-state index in [-0.39, 0.29) is 41.6 Å². The number of alkyl halides is 3. The van der Waals surface area contributed by atoms with Gasteiger partial charge in [0.15, 0.2) is 0 Å². The molecule has 2 atom stereocenters. The fourth-order valence-electron chi connectivity index (χ4n) is 4.73. The number of ether oxygens (including phenoxy) is 4. The second-order valence-electron chi connectivity index (χ2n) is 8.81. The maximum atomic E-state index is 14.9. The number of aliphatic carboxylic acids is 1. The van der Waals surface area contributed by atoms with Crippen molar-refractivity contribution in [1.82, 2.24) is 0 Å². The molecule has 38 heavy (non-hydrogen) atoms. The summed E-state index contributed by atoms with van der Waals surface area (Å²) in [5, 5.41) is 18.5. The van der Waals surface area contributed by atoms with Crippen molar-refractivity contribution in [2.24, 2.45) is 0 Å². The molecule has 0 spiro atoms. The average Bonchev–Trinajstić information content (AvgIpc) is 3.45. The Morgan fingerprint density at radius 2 is 1.87 bits per heavy atom. The first-order valence-corrected chi connectivity index (χ1v) is 11.6. The fourth-order valence-corrected chi connectivity index (χ4v) is 4.73. The van der Waals surface area contributed by atoms with Crippen LogP contribution in [0, 0.1) is 17.1 Å². The number of carboxylic acid groups (broad SMARTS) is 1. The van der Waals surface area contributed by atoms with Gasteiger partial charge < -0.3 is 24.1 Å². The summed E-state index contributed by atoms with van der Waals surface area (Å²) in [7, 11) is 0. The molecule has 3 aromatic carbocycles. The van der Waals surface area contributed by atoms with Gasteiger partial charge >= 0.3 is 12.3 Å². The molecule has 1 heterocycles. The Kier molecular flexibility index (Phi) is 6.48. The first kappa shape index (κ1) is 25.2. The molecule has 0 saturated carbocycles. The topological polar surface area (TPSA) is 98.0 Å². The predicted octanol–water partition coefficient (Wildman–Crippen LogP) is 6.41. The molecule has 0 saturated heterocycles. The lowest BCUT2D eigenvalue weighted by Gasteiger charge is -2.18. The quantitative estimate of drug-likeness (QED) is 0.354. The van der Waals surface area contributed by atoms with E-state index >= 15 is 0 Å². The van der Waals surface area contributed by atoms with E-state index in [1.165, 1.54) is 18.2 Å². The zero-order valence-corrected chi connectivity index (χ0v) is 19.5. The zero-order valence-electron chi connectivity index (χ0n) is 19.5. The zero-order chi connectivity index (χ0) is 27.0. The van der Waals surface area contributed by atoms with Gasteiger partial charge in [-0.05, 0) is 43.2 Å². The van der Waals surface area contributed by atoms with Crippen molar-refractivity contribution in [2.45, 2.75) is 37.6 Å². The SMILES string of the molecule is N#Cc1cc(OC(F)(F)F)ccc1Oc1ccc(F)c2c1CC[C@H]2Oc1ccc2c(c1)OC[C@H]2CC(=O)O. The largest absolute Gasteiger partial charge is 0.573 e. The van der Waals surface area contributed by atoms with Crippen LogP contribution in [0.15, 0.2) is 48.5 Å². The number of hydrogen-bond donors (Lipinski definition) is 1. The number of nitrogens with zero attached hydrogens (tertiary/aromatic N) is 1. The van der Waals surface area contributed by atoms with Crippen LogP contribution in [0.3, 0.4) is 0 Å². The van der Waals surface area contributed by atoms with Crippen LogP contribution in [0.25, 0.3) is 0 Å². The summed E-state index contributed by atoms with van der Waals surface area (Å²) in [6.07, 6.45) is -4.79. The van der Waals surface area contributed by atoms with Crippen LogP contribution in [-0.4, -0.2) is 24.0 Å². The van der Waals surface area contributed by atoms with Crippen LogP contribution in [0.4, 0.5) is 17.6 Å². The van der Waals surface area contributed by atoms with Gasteiger partial charge in [-0.1, -0.05) is 6.07 Å². The van der Waals surface area contributed by atoms with E-state index in [2.05, 4.69) is 4.74 Å². The number of fused-ring (bicyclic) bond motifs is 2. The van der Waals surface area contributed by atoms with Gasteiger partial charge in [0.25, 0.3) is 0 Å². The van der Waals surface area contributed by atoms with Crippen molar-refractivity contribution < 1.29 is 46.4 Å². The number of nitriles is 1. The van der Waals surface area contributed by atoms with Crippen LogP contribution in [0.1, 0.15) is 47.1 Å². The monoisotopic (exact) mass is 529 g/mol. The minimum absolute atomic E-state index is 0.00751. The second kappa shape index (κ2) is 9.78. The molecule has 0 unspecified atom stereocenters. The average molecular weight is 529 g/mol. The first-order chi connectivity index (χ1) is 18.1. The van der Waals surface area contributed by atoms with Crippen LogP contribution in [0.2, 0.25) is 0 Å². The minimum Gasteiger partial charge on any atom is -0.492 e. The maximum absolute atomic E-state index is 14.9. The van der Waals surface area contributed by atoms with E-state index in [1.807, 2.05) is 0 Å². The fraction of sp³-hybridized carbons (Fsp3) is 0.259. The summed E-state index contributed by atoms with van der Waals surface area (Å²) in [5.74, 6) is -1.06. The number of carbonyl (C=O) groups is 1. The van der Waals surface area contributed by atoms with Crippen molar-refractivity contribution in [1.29, 1.82) is 5.26 Å². The van der Waals surface area contributed by atoms with E-state index in [4.69, 9.17) is 19.3 Å². The van der Waals surface area contributed by atoms with Crippen molar-refractivity contribution in [3.8, 4) is 34.8 Å². The molecular weight excluding hydrogens is 510 g/mol. The molecule has 1 aliphatic carbocycles. The smallest absolute Gasteiger partial charge is 0.492 e. The Balaban J connectivity index is 1.37. The number of halogens is 4. The molecule has 196 valence electrons. The summed E-state index contributed by atoms with van der Waals surface area (Å²) < 4.78 is 73.9. The number of hydrogen-bond acceptors (Lipinski definition) is 6. The third kappa shape index (κ3) is 5.16. The van der Waals surface area contributed by atoms with Gasteiger partial charge in [-0.25, -0.2) is 4.39 Å². The summed E-state index contributed by atoms with van der Waals surface area (Å²) in [6, 6.07) is 12.6. The molecule has 11 heteroatoms. The molecule has 0 bridgehead atoms. The molecule has 3 aromatic rings. The molecule has 0 aromatic heterocycles. The molecule has 0 fully saturated rings. The van der Waals surface area contributed by atoms with E-state index in [1.54, 1.807) is 24.3 Å². The van der Waals surface area contributed by atoms with Crippen molar-refractivity contribution in [3.05, 3.63) is 76.6 Å². The van der Waals surface area contributed by atoms with Gasteiger partial charge in [0.1, 0.15) is 46.7 Å². The van der Waals surface area contributed by atoms with Crippen LogP contribution in [0.5, 0.6) is 28.7 Å². The van der Waals surface area contributed by atoms with Crippen molar-refractivity contribution in [3.63, 3.8) is 0 Å². The van der Waals surface area contributed by atoms with Gasteiger partial charge in [-0.3, -0.25) is 4.79 Å². The van der Waals surface area contributed by atoms with Crippen LogP contribution < -0.4 is 18.9 Å². The summed E-state index contributed by atoms with van der Waals surface area (Å²) in [4.78, 5) is 11.1. The summed E-state index contributed by atoms with van der Waals surface area (Å²) >= 11 is 0. The maximum Gasteiger partial charge on any atom is 0.573 e. The molecule has 2 aliphatic rings. The molecule has 7 nitrogen and oxygen atoms in total. The standard InChI is InChI=1S/C27H19F4NO6/c28-20-5-8-22(37-21-6-2-17(9-14(21)12-32)38-27(29,30)31)19-4-7-23(26(19)20)36-16-1-3-18-15(10-25(33)34)13-35-24(18)11-16/h1-3,5-6,8-9,11,15,23H,4,7,10,13H2,(H,33,34)/t15-,23-/m1/s1. The van der Waals surface area contributed by atoms with Crippen LogP contribution in [-0.2, 0) is 11.2 Å². The Bertz CT molecular complexity index is 1450. The highest BCUT2D eigenvalue weighted by molar-refractivity contribution is 5.69. The Morgan fingerprint density at radius 1 is 1.11 bits per heavy atom. The van der Waals surface area contributed by atoms with Gasteiger partial charge in [0, 0.05) is 34.7 Å². The van der Waals surface area contributed by atoms with Gasteiger partial charge in [0.05, 0.1) is 18.6 Å². The summed E-state index contributed by atoms with van der Waals surface area (Å²) in [5.41, 5.74) is 1.39. The lowest BCUT2D eigenvalue weighted by Crippen LogP contribution is -2.17. The molecule has 1 N–H and O–H groups in total. The third-order valence-corrected chi connectivity index (χ3v) is 6.33. The Labute approximate surface area is 213 Å². The summed E-state index contributed by atoms with van der Waals surface area (Å²) in [6.45, 7) is 0.251. The van der Waals surface area contributed by atoms with Gasteiger partial charge in [-0.2, -0.15) is 5.26 Å². The highest BCUT2D eigenvalue weighted by atomic mass is 19.4. The van der Waals surface area contributed by atoms with Gasteiger partial charge in [-0.15, -0.1) is 13.2 Å². The molecule has 0 radical (unpaired) electrons. The lowest BCUT2D eigenvalue weighted by atomic mass is 9.98. The number of carboxylic acids is 1. The van der Waals surface area contributed by atoms with Gasteiger partial charge in [0.2, 0.25) is 0 Å². The first-order valence-electron chi connectivity index (χ1n) is 11.6. The number of benzene rings is 3. The normalized spacial score (nSPS) is 17.7. The second-order valence-corrected chi connectivity index (χ2v) is 8.81. The van der Waals surface area contributed by atoms with E-state index in [0.29, 0.717) is 29.9 Å². The van der Waals surface area contributed by atoms with E-state index in [9.17, 15) is 27.6 Å². The van der Waals surface area contributed by atoms with Crippen molar-refractivity contribution >= 4 is 5.97 Å². The third-order valence-electron chi connectivity index (χ3n) is 6.33. The van der Waals surface area contributed by atoms with E-state index < -0.39 is 30.0 Å². The Morgan fingerprint density at radius 3 is 2.61 bits per heavy atom. The number of rotatable bonds is 7. The lowest BCUT2D eigenvalue weighted by molar-refractivity contribution is -0.274.